The molecular weight excluding hydrogens is 318 g/mol. The van der Waals surface area contributed by atoms with Crippen molar-refractivity contribution in [1.82, 2.24) is 15.1 Å². The average Bonchev–Trinajstić information content (AvgIpc) is 2.99. The van der Waals surface area contributed by atoms with Crippen LogP contribution in [0.2, 0.25) is 0 Å². The van der Waals surface area contributed by atoms with Gasteiger partial charge < -0.3 is 4.90 Å². The molecule has 2 rings (SSSR count). The number of H-pyrrole nitrogens is 1. The van der Waals surface area contributed by atoms with Gasteiger partial charge in [0.15, 0.2) is 0 Å². The number of benzene rings is 1. The minimum absolute atomic E-state index is 0.668. The number of unbranched alkanes of at least 4 members (excludes halogenated alkanes) is 1. The molecule has 2 aromatic rings. The zero-order valence-electron chi connectivity index (χ0n) is 17.6. The van der Waals surface area contributed by atoms with Crippen molar-refractivity contribution in [2.45, 2.75) is 66.8 Å². The van der Waals surface area contributed by atoms with Gasteiger partial charge in [-0.3, -0.25) is 5.10 Å². The summed E-state index contributed by atoms with van der Waals surface area (Å²) in [7, 11) is 2.19. The molecule has 3 nitrogen and oxygen atoms in total. The van der Waals surface area contributed by atoms with Crippen LogP contribution in [0.5, 0.6) is 0 Å². The standard InChI is InChI=1S/C23H37N3/c1-7-8-9-26(6)16-23-22(15-24-25-23)21-13-19(10-17(2)3)12-20(14-21)11-18(4)5/h12-15,17-18H,7-11,16H2,1-6H3,(H,24,25). The molecule has 0 saturated heterocycles. The van der Waals surface area contributed by atoms with Crippen LogP contribution in [-0.2, 0) is 19.4 Å². The fourth-order valence-electron chi connectivity index (χ4n) is 3.56. The normalized spacial score (nSPS) is 11.9. The Morgan fingerprint density at radius 2 is 1.62 bits per heavy atom. The van der Waals surface area contributed by atoms with E-state index in [0.717, 1.165) is 25.9 Å². The Morgan fingerprint density at radius 1 is 1.00 bits per heavy atom. The molecule has 0 atom stereocenters. The van der Waals surface area contributed by atoms with E-state index in [0.29, 0.717) is 11.8 Å². The molecule has 0 aliphatic rings. The number of nitrogens with one attached hydrogen (secondary N) is 1. The smallest absolute Gasteiger partial charge is 0.0570 e. The fourth-order valence-corrected chi connectivity index (χ4v) is 3.56. The van der Waals surface area contributed by atoms with E-state index in [1.807, 2.05) is 6.20 Å². The van der Waals surface area contributed by atoms with Gasteiger partial charge in [-0.2, -0.15) is 5.10 Å². The molecule has 1 aromatic carbocycles. The first-order chi connectivity index (χ1) is 12.4. The molecule has 0 amide bonds. The van der Waals surface area contributed by atoms with Crippen molar-refractivity contribution in [3.8, 4) is 11.1 Å². The maximum absolute atomic E-state index is 4.36. The lowest BCUT2D eigenvalue weighted by atomic mass is 9.92. The topological polar surface area (TPSA) is 31.9 Å². The predicted molar refractivity (Wildman–Crippen MR) is 112 cm³/mol. The Kier molecular flexibility index (Phi) is 7.89. The zero-order valence-corrected chi connectivity index (χ0v) is 17.6. The van der Waals surface area contributed by atoms with Crippen molar-refractivity contribution in [2.24, 2.45) is 11.8 Å². The molecule has 0 radical (unpaired) electrons. The number of aromatic amines is 1. The molecule has 144 valence electrons. The summed E-state index contributed by atoms with van der Waals surface area (Å²) in [6.07, 6.45) is 6.72. The summed E-state index contributed by atoms with van der Waals surface area (Å²) in [6.45, 7) is 13.5. The fraction of sp³-hybridized carbons (Fsp3) is 0.609. The van der Waals surface area contributed by atoms with Crippen LogP contribution in [-0.4, -0.2) is 28.7 Å². The zero-order chi connectivity index (χ0) is 19.1. The maximum atomic E-state index is 4.36. The van der Waals surface area contributed by atoms with E-state index >= 15 is 0 Å². The number of hydrogen-bond donors (Lipinski definition) is 1. The molecule has 0 unspecified atom stereocenters. The Morgan fingerprint density at radius 3 is 2.15 bits per heavy atom. The van der Waals surface area contributed by atoms with Gasteiger partial charge in [0.2, 0.25) is 0 Å². The van der Waals surface area contributed by atoms with E-state index in [9.17, 15) is 0 Å². The molecule has 0 aliphatic heterocycles. The molecule has 0 bridgehead atoms. The van der Waals surface area contributed by atoms with Crippen molar-refractivity contribution in [3.63, 3.8) is 0 Å². The average molecular weight is 356 g/mol. The highest BCUT2D eigenvalue weighted by atomic mass is 15.2. The van der Waals surface area contributed by atoms with Gasteiger partial charge in [-0.05, 0) is 61.4 Å². The lowest BCUT2D eigenvalue weighted by Gasteiger charge is -2.17. The minimum Gasteiger partial charge on any atom is -0.301 e. The van der Waals surface area contributed by atoms with E-state index in [1.54, 1.807) is 0 Å². The third kappa shape index (κ3) is 6.28. The molecule has 26 heavy (non-hydrogen) atoms. The van der Waals surface area contributed by atoms with Gasteiger partial charge in [0, 0.05) is 12.1 Å². The van der Waals surface area contributed by atoms with Crippen molar-refractivity contribution in [2.75, 3.05) is 13.6 Å². The summed E-state index contributed by atoms with van der Waals surface area (Å²) in [5.41, 5.74) is 6.68. The molecule has 1 N–H and O–H groups in total. The summed E-state index contributed by atoms with van der Waals surface area (Å²) in [5, 5.41) is 7.60. The molecule has 0 spiro atoms. The number of aromatic nitrogens is 2. The van der Waals surface area contributed by atoms with E-state index in [2.05, 4.69) is 75.0 Å². The lowest BCUT2D eigenvalue weighted by molar-refractivity contribution is 0.317. The lowest BCUT2D eigenvalue weighted by Crippen LogP contribution is -2.19. The minimum atomic E-state index is 0.668. The van der Waals surface area contributed by atoms with Gasteiger partial charge in [-0.25, -0.2) is 0 Å². The van der Waals surface area contributed by atoms with E-state index in [-0.39, 0.29) is 0 Å². The van der Waals surface area contributed by atoms with Crippen molar-refractivity contribution >= 4 is 0 Å². The van der Waals surface area contributed by atoms with Crippen LogP contribution in [0.15, 0.2) is 24.4 Å². The molecule has 0 fully saturated rings. The van der Waals surface area contributed by atoms with Crippen molar-refractivity contribution < 1.29 is 0 Å². The summed E-state index contributed by atoms with van der Waals surface area (Å²) in [4.78, 5) is 2.38. The van der Waals surface area contributed by atoms with Crippen LogP contribution in [0.25, 0.3) is 11.1 Å². The number of nitrogens with zero attached hydrogens (tertiary/aromatic N) is 2. The van der Waals surface area contributed by atoms with Crippen molar-refractivity contribution in [3.05, 3.63) is 41.2 Å². The van der Waals surface area contributed by atoms with E-state index in [4.69, 9.17) is 0 Å². The van der Waals surface area contributed by atoms with Crippen LogP contribution in [0.1, 0.15) is 64.3 Å². The highest BCUT2D eigenvalue weighted by molar-refractivity contribution is 5.67. The second kappa shape index (κ2) is 9.91. The Bertz CT molecular complexity index is 642. The van der Waals surface area contributed by atoms with Crippen LogP contribution in [0, 0.1) is 11.8 Å². The first kappa shape index (κ1) is 20.7. The Labute approximate surface area is 160 Å². The van der Waals surface area contributed by atoms with Gasteiger partial charge in [0.05, 0.1) is 11.9 Å². The van der Waals surface area contributed by atoms with E-state index in [1.165, 1.54) is 40.8 Å². The first-order valence-corrected chi connectivity index (χ1v) is 10.2. The van der Waals surface area contributed by atoms with Crippen LogP contribution >= 0.6 is 0 Å². The second-order valence-corrected chi connectivity index (χ2v) is 8.59. The van der Waals surface area contributed by atoms with Crippen LogP contribution in [0.3, 0.4) is 0 Å². The quantitative estimate of drug-likeness (QED) is 0.592. The largest absolute Gasteiger partial charge is 0.301 e. The summed E-state index contributed by atoms with van der Waals surface area (Å²) < 4.78 is 0. The summed E-state index contributed by atoms with van der Waals surface area (Å²) in [6, 6.07) is 7.13. The monoisotopic (exact) mass is 355 g/mol. The van der Waals surface area contributed by atoms with Gasteiger partial charge in [-0.15, -0.1) is 0 Å². The SMILES string of the molecule is CCCCN(C)Cc1[nH]ncc1-c1cc(CC(C)C)cc(CC(C)C)c1. The number of rotatable bonds is 10. The molecule has 0 saturated carbocycles. The van der Waals surface area contributed by atoms with Crippen LogP contribution < -0.4 is 0 Å². The first-order valence-electron chi connectivity index (χ1n) is 10.2. The summed E-state index contributed by atoms with van der Waals surface area (Å²) >= 11 is 0. The number of hydrogen-bond acceptors (Lipinski definition) is 2. The molecule has 1 aromatic heterocycles. The van der Waals surface area contributed by atoms with Crippen LogP contribution in [0.4, 0.5) is 0 Å². The molecule has 3 heteroatoms. The predicted octanol–water partition coefficient (Wildman–Crippen LogP) is 5.71. The molecular formula is C23H37N3. The van der Waals surface area contributed by atoms with Gasteiger partial charge in [-0.1, -0.05) is 59.2 Å². The van der Waals surface area contributed by atoms with Gasteiger partial charge in [0.1, 0.15) is 0 Å². The third-order valence-corrected chi connectivity index (χ3v) is 4.69. The highest BCUT2D eigenvalue weighted by Crippen LogP contribution is 2.27. The van der Waals surface area contributed by atoms with Gasteiger partial charge in [0.25, 0.3) is 0 Å². The second-order valence-electron chi connectivity index (χ2n) is 8.59. The van der Waals surface area contributed by atoms with Gasteiger partial charge >= 0.3 is 0 Å². The maximum Gasteiger partial charge on any atom is 0.0570 e. The Balaban J connectivity index is 2.30. The molecule has 0 aliphatic carbocycles. The summed E-state index contributed by atoms with van der Waals surface area (Å²) in [5.74, 6) is 1.34. The highest BCUT2D eigenvalue weighted by Gasteiger charge is 2.13. The van der Waals surface area contributed by atoms with Crippen molar-refractivity contribution in [1.29, 1.82) is 0 Å². The van der Waals surface area contributed by atoms with E-state index < -0.39 is 0 Å². The molecule has 1 heterocycles. The third-order valence-electron chi connectivity index (χ3n) is 4.69. The Hall–Kier alpha value is -1.61.